The van der Waals surface area contributed by atoms with Crippen LogP contribution in [0.25, 0.3) is 0 Å². The molecular weight excluding hydrogens is 398 g/mol. The van der Waals surface area contributed by atoms with Gasteiger partial charge in [-0.25, -0.2) is 8.42 Å². The Morgan fingerprint density at radius 2 is 1.81 bits per heavy atom. The molecule has 1 aliphatic heterocycles. The fourth-order valence-electron chi connectivity index (χ4n) is 2.92. The highest BCUT2D eigenvalue weighted by Crippen LogP contribution is 2.10. The van der Waals surface area contributed by atoms with Gasteiger partial charge in [-0.05, 0) is 12.8 Å². The lowest BCUT2D eigenvalue weighted by Gasteiger charge is -2.35. The minimum Gasteiger partial charge on any atom is -0.480 e. The molecule has 1 amide bonds. The third-order valence-corrected chi connectivity index (χ3v) is 5.33. The molecule has 0 aromatic heterocycles. The largest absolute Gasteiger partial charge is 0.480 e. The summed E-state index contributed by atoms with van der Waals surface area (Å²) < 4.78 is 30.0. The van der Waals surface area contributed by atoms with Crippen LogP contribution >= 0.6 is 12.4 Å². The van der Waals surface area contributed by atoms with Gasteiger partial charge in [-0.1, -0.05) is 13.8 Å². The molecule has 1 rings (SSSR count). The quantitative estimate of drug-likeness (QED) is 0.496. The topological polar surface area (TPSA) is 107 Å². The van der Waals surface area contributed by atoms with E-state index >= 15 is 0 Å². The zero-order chi connectivity index (χ0) is 19.7. The first-order valence-electron chi connectivity index (χ1n) is 8.96. The van der Waals surface area contributed by atoms with Crippen molar-refractivity contribution in [1.82, 2.24) is 14.1 Å². The van der Waals surface area contributed by atoms with Crippen LogP contribution in [-0.4, -0.2) is 104 Å². The van der Waals surface area contributed by atoms with Gasteiger partial charge in [-0.3, -0.25) is 14.5 Å². The Kier molecular flexibility index (Phi) is 12.1. The van der Waals surface area contributed by atoms with E-state index in [2.05, 4.69) is 0 Å². The van der Waals surface area contributed by atoms with Crippen LogP contribution < -0.4 is 0 Å². The van der Waals surface area contributed by atoms with Crippen LogP contribution in [0.15, 0.2) is 0 Å². The third-order valence-electron chi connectivity index (χ3n) is 4.11. The number of hydrogen-bond donors (Lipinski definition) is 1. The molecule has 1 unspecified atom stereocenters. The second-order valence-electron chi connectivity index (χ2n) is 6.56. The van der Waals surface area contributed by atoms with Crippen LogP contribution in [0.4, 0.5) is 0 Å². The highest BCUT2D eigenvalue weighted by atomic mass is 35.5. The molecule has 1 heterocycles. The fraction of sp³-hybridized carbons (Fsp3) is 0.875. The van der Waals surface area contributed by atoms with E-state index < -0.39 is 28.6 Å². The fourth-order valence-corrected chi connectivity index (χ4v) is 3.70. The van der Waals surface area contributed by atoms with Crippen LogP contribution in [0.1, 0.15) is 26.7 Å². The van der Waals surface area contributed by atoms with Gasteiger partial charge >= 0.3 is 5.97 Å². The number of nitrogens with zero attached hydrogens (tertiary/aromatic N) is 3. The van der Waals surface area contributed by atoms with Crippen molar-refractivity contribution >= 4 is 34.3 Å². The van der Waals surface area contributed by atoms with E-state index in [1.165, 1.54) is 0 Å². The van der Waals surface area contributed by atoms with Crippen molar-refractivity contribution in [1.29, 1.82) is 0 Å². The molecule has 0 radical (unpaired) electrons. The Hall–Kier alpha value is -0.940. The SMILES string of the molecule is CCCN(CCC)C(=O)CN1CCOC(CN(CC(=O)O)S(C)(=O)=O)C1.Cl. The molecular formula is C16H32ClN3O6S. The van der Waals surface area contributed by atoms with Crippen molar-refractivity contribution in [3.05, 3.63) is 0 Å². The summed E-state index contributed by atoms with van der Waals surface area (Å²) in [6.07, 6.45) is 2.32. The second-order valence-corrected chi connectivity index (χ2v) is 8.54. The first-order chi connectivity index (χ1) is 12.2. The van der Waals surface area contributed by atoms with Gasteiger partial charge in [0.1, 0.15) is 6.54 Å². The zero-order valence-electron chi connectivity index (χ0n) is 16.3. The van der Waals surface area contributed by atoms with Crippen LogP contribution in [0.3, 0.4) is 0 Å². The summed E-state index contributed by atoms with van der Waals surface area (Å²) in [6.45, 7) is 6.49. The highest BCUT2D eigenvalue weighted by Gasteiger charge is 2.29. The molecule has 1 atom stereocenters. The Balaban J connectivity index is 0.00000676. The van der Waals surface area contributed by atoms with E-state index in [0.717, 1.165) is 36.5 Å². The zero-order valence-corrected chi connectivity index (χ0v) is 17.9. The first-order valence-corrected chi connectivity index (χ1v) is 10.8. The monoisotopic (exact) mass is 429 g/mol. The Morgan fingerprint density at radius 1 is 1.22 bits per heavy atom. The molecule has 11 heteroatoms. The van der Waals surface area contributed by atoms with Crippen LogP contribution in [0.2, 0.25) is 0 Å². The lowest BCUT2D eigenvalue weighted by atomic mass is 10.2. The van der Waals surface area contributed by atoms with E-state index in [0.29, 0.717) is 19.7 Å². The summed E-state index contributed by atoms with van der Waals surface area (Å²) in [5, 5.41) is 8.90. The average molecular weight is 430 g/mol. The van der Waals surface area contributed by atoms with Crippen molar-refractivity contribution < 1.29 is 27.9 Å². The van der Waals surface area contributed by atoms with Crippen molar-refractivity contribution in [3.63, 3.8) is 0 Å². The van der Waals surface area contributed by atoms with Gasteiger partial charge < -0.3 is 14.7 Å². The molecule has 0 aromatic rings. The standard InChI is InChI=1S/C16H31N3O6S.ClH/c1-4-6-18(7-5-2)15(20)12-17-8-9-25-14(10-17)11-19(13-16(21)22)26(3,23)24;/h14H,4-13H2,1-3H3,(H,21,22);1H. The van der Waals surface area contributed by atoms with Gasteiger partial charge in [0.25, 0.3) is 0 Å². The molecule has 0 spiro atoms. The number of ether oxygens (including phenoxy) is 1. The molecule has 1 aliphatic rings. The van der Waals surface area contributed by atoms with Crippen LogP contribution in [0, 0.1) is 0 Å². The van der Waals surface area contributed by atoms with E-state index in [1.54, 1.807) is 0 Å². The van der Waals surface area contributed by atoms with Gasteiger partial charge in [0.15, 0.2) is 0 Å². The smallest absolute Gasteiger partial charge is 0.318 e. The van der Waals surface area contributed by atoms with E-state index in [9.17, 15) is 18.0 Å². The lowest BCUT2D eigenvalue weighted by molar-refractivity contribution is -0.137. The summed E-state index contributed by atoms with van der Waals surface area (Å²) in [7, 11) is -3.65. The Labute approximate surface area is 168 Å². The molecule has 0 saturated carbocycles. The van der Waals surface area contributed by atoms with Gasteiger partial charge in [0.2, 0.25) is 15.9 Å². The minimum atomic E-state index is -3.65. The summed E-state index contributed by atoms with van der Waals surface area (Å²) in [6, 6.07) is 0. The number of aliphatic carboxylic acids is 1. The molecule has 0 aliphatic carbocycles. The van der Waals surface area contributed by atoms with Gasteiger partial charge in [-0.15, -0.1) is 12.4 Å². The number of amides is 1. The minimum absolute atomic E-state index is 0. The second kappa shape index (κ2) is 12.5. The summed E-state index contributed by atoms with van der Waals surface area (Å²) in [4.78, 5) is 27.2. The predicted octanol–water partition coefficient (Wildman–Crippen LogP) is 0.104. The first kappa shape index (κ1) is 26.1. The van der Waals surface area contributed by atoms with E-state index in [1.807, 2.05) is 23.6 Å². The third kappa shape index (κ3) is 9.70. The molecule has 160 valence electrons. The number of sulfonamides is 1. The van der Waals surface area contributed by atoms with Crippen molar-refractivity contribution in [3.8, 4) is 0 Å². The van der Waals surface area contributed by atoms with E-state index in [-0.39, 0.29) is 31.4 Å². The molecule has 1 N–H and O–H groups in total. The number of hydrogen-bond acceptors (Lipinski definition) is 6. The maximum absolute atomic E-state index is 12.5. The van der Waals surface area contributed by atoms with Crippen LogP contribution in [0.5, 0.6) is 0 Å². The average Bonchev–Trinajstić information content (AvgIpc) is 2.53. The van der Waals surface area contributed by atoms with Gasteiger partial charge in [-0.2, -0.15) is 4.31 Å². The predicted molar refractivity (Wildman–Crippen MR) is 105 cm³/mol. The van der Waals surface area contributed by atoms with Crippen molar-refractivity contribution in [2.24, 2.45) is 0 Å². The number of carbonyl (C=O) groups excluding carboxylic acids is 1. The highest BCUT2D eigenvalue weighted by molar-refractivity contribution is 7.88. The number of halogens is 1. The lowest BCUT2D eigenvalue weighted by Crippen LogP contribution is -2.52. The van der Waals surface area contributed by atoms with Crippen LogP contribution in [-0.2, 0) is 24.3 Å². The molecule has 9 nitrogen and oxygen atoms in total. The summed E-state index contributed by atoms with van der Waals surface area (Å²) >= 11 is 0. The Bertz CT molecular complexity index is 569. The van der Waals surface area contributed by atoms with E-state index in [4.69, 9.17) is 9.84 Å². The maximum Gasteiger partial charge on any atom is 0.318 e. The summed E-state index contributed by atoms with van der Waals surface area (Å²) in [5.41, 5.74) is 0. The molecule has 0 aromatic carbocycles. The van der Waals surface area contributed by atoms with Crippen molar-refractivity contribution in [2.45, 2.75) is 32.8 Å². The molecule has 1 fully saturated rings. The number of carbonyl (C=O) groups is 2. The number of rotatable bonds is 11. The number of carboxylic acids is 1. The Morgan fingerprint density at radius 3 is 2.30 bits per heavy atom. The molecule has 27 heavy (non-hydrogen) atoms. The normalized spacial score (nSPS) is 18.1. The van der Waals surface area contributed by atoms with Crippen molar-refractivity contribution in [2.75, 3.05) is 58.7 Å². The summed E-state index contributed by atoms with van der Waals surface area (Å²) in [5.74, 6) is -1.16. The van der Waals surface area contributed by atoms with Gasteiger partial charge in [0, 0.05) is 32.7 Å². The molecule has 1 saturated heterocycles. The molecule has 0 bridgehead atoms. The number of carboxylic acid groups (broad SMARTS) is 1. The van der Waals surface area contributed by atoms with Gasteiger partial charge in [0.05, 0.1) is 25.5 Å². The maximum atomic E-state index is 12.5. The number of morpholine rings is 1.